The number of hydrogen-bond donors (Lipinski definition) is 1. The lowest BCUT2D eigenvalue weighted by molar-refractivity contribution is -0.157. The molecule has 0 aromatic carbocycles. The van der Waals surface area contributed by atoms with Crippen LogP contribution in [0, 0.1) is 0 Å². The van der Waals surface area contributed by atoms with Crippen LogP contribution in [0.4, 0.5) is 4.79 Å². The van der Waals surface area contributed by atoms with Crippen molar-refractivity contribution in [2.45, 2.75) is 79.1 Å². The second-order valence-electron chi connectivity index (χ2n) is 7.25. The number of alkyl carbamates (subject to hydrolysis) is 1. The Hall–Kier alpha value is -1.52. The van der Waals surface area contributed by atoms with Gasteiger partial charge in [0.2, 0.25) is 0 Å². The van der Waals surface area contributed by atoms with Crippen molar-refractivity contribution in [2.24, 2.45) is 0 Å². The Kier molecular flexibility index (Phi) is 6.94. The first-order valence-electron chi connectivity index (χ1n) is 7.16. The van der Waals surface area contributed by atoms with E-state index in [-0.39, 0.29) is 0 Å². The van der Waals surface area contributed by atoms with Gasteiger partial charge in [0.25, 0.3) is 0 Å². The molecule has 0 rings (SSSR count). The van der Waals surface area contributed by atoms with Crippen LogP contribution in [0.5, 0.6) is 0 Å². The molecule has 1 N–H and O–H groups in total. The summed E-state index contributed by atoms with van der Waals surface area (Å²) in [7, 11) is 0. The van der Waals surface area contributed by atoms with E-state index in [9.17, 15) is 9.59 Å². The van der Waals surface area contributed by atoms with Gasteiger partial charge in [-0.3, -0.25) is 0 Å². The van der Waals surface area contributed by atoms with Gasteiger partial charge in [-0.25, -0.2) is 9.59 Å². The molecule has 1 amide bonds. The number of hydrogen-bond acceptors (Lipinski definition) is 4. The zero-order chi connectivity index (χ0) is 16.8. The smallest absolute Gasteiger partial charge is 0.408 e. The Balaban J connectivity index is 4.86. The fraction of sp³-hybridized carbons (Fsp3) is 0.750. The van der Waals surface area contributed by atoms with E-state index in [1.165, 1.54) is 0 Å². The second kappa shape index (κ2) is 7.48. The molecule has 0 aromatic rings. The van der Waals surface area contributed by atoms with Crippen molar-refractivity contribution in [3.8, 4) is 0 Å². The van der Waals surface area contributed by atoms with Gasteiger partial charge in [0, 0.05) is 0 Å². The number of rotatable bonds is 4. The molecule has 0 aliphatic carbocycles. The fourth-order valence-electron chi connectivity index (χ4n) is 1.39. The average Bonchev–Trinajstić information content (AvgIpc) is 2.18. The van der Waals surface area contributed by atoms with Crippen LogP contribution in [0.25, 0.3) is 0 Å². The summed E-state index contributed by atoms with van der Waals surface area (Å²) in [6.07, 6.45) is 1.63. The summed E-state index contributed by atoms with van der Waals surface area (Å²) in [6.45, 7) is 14.5. The molecule has 0 bridgehead atoms. The summed E-state index contributed by atoms with van der Waals surface area (Å²) in [4.78, 5) is 24.0. The molecule has 0 heterocycles. The normalized spacial score (nSPS) is 13.1. The van der Waals surface area contributed by atoms with Crippen LogP contribution in [0.3, 0.4) is 0 Å². The highest BCUT2D eigenvalue weighted by Crippen LogP contribution is 2.12. The predicted molar refractivity (Wildman–Crippen MR) is 83.1 cm³/mol. The van der Waals surface area contributed by atoms with Gasteiger partial charge in [0.15, 0.2) is 0 Å². The van der Waals surface area contributed by atoms with E-state index in [0.717, 1.165) is 5.57 Å². The largest absolute Gasteiger partial charge is 0.458 e. The molecule has 5 nitrogen and oxygen atoms in total. The zero-order valence-electron chi connectivity index (χ0n) is 14.5. The summed E-state index contributed by atoms with van der Waals surface area (Å²) in [6, 6.07) is -0.756. The summed E-state index contributed by atoms with van der Waals surface area (Å²) in [5, 5.41) is 2.57. The molecule has 122 valence electrons. The SMILES string of the molecule is CC(C)=CC[C@H](NC(=O)OC(C)(C)C)C(=O)OC(C)(C)C. The van der Waals surface area contributed by atoms with E-state index < -0.39 is 29.3 Å². The quantitative estimate of drug-likeness (QED) is 0.636. The van der Waals surface area contributed by atoms with E-state index in [4.69, 9.17) is 9.47 Å². The van der Waals surface area contributed by atoms with E-state index in [0.29, 0.717) is 6.42 Å². The lowest BCUT2D eigenvalue weighted by Gasteiger charge is -2.25. The number of carbonyl (C=O) groups is 2. The maximum Gasteiger partial charge on any atom is 0.408 e. The molecule has 0 unspecified atom stereocenters. The fourth-order valence-corrected chi connectivity index (χ4v) is 1.39. The van der Waals surface area contributed by atoms with Gasteiger partial charge in [0.05, 0.1) is 0 Å². The molecule has 21 heavy (non-hydrogen) atoms. The van der Waals surface area contributed by atoms with Crippen molar-refractivity contribution >= 4 is 12.1 Å². The second-order valence-corrected chi connectivity index (χ2v) is 7.25. The molecule has 0 aliphatic heterocycles. The summed E-state index contributed by atoms with van der Waals surface area (Å²) in [5.74, 6) is -0.467. The summed E-state index contributed by atoms with van der Waals surface area (Å²) >= 11 is 0. The number of ether oxygens (including phenoxy) is 2. The Bertz CT molecular complexity index is 395. The number of carbonyl (C=O) groups excluding carboxylic acids is 2. The Morgan fingerprint density at radius 3 is 1.86 bits per heavy atom. The minimum atomic E-state index is -0.756. The number of allylic oxidation sites excluding steroid dienone is 1. The Morgan fingerprint density at radius 1 is 1.00 bits per heavy atom. The summed E-state index contributed by atoms with van der Waals surface area (Å²) in [5.41, 5.74) is -0.149. The highest BCUT2D eigenvalue weighted by molar-refractivity contribution is 5.81. The van der Waals surface area contributed by atoms with Crippen molar-refractivity contribution in [1.29, 1.82) is 0 Å². The Labute approximate surface area is 128 Å². The molecule has 1 atom stereocenters. The molecular formula is C16H29NO4. The van der Waals surface area contributed by atoms with E-state index in [1.807, 2.05) is 19.9 Å². The lowest BCUT2D eigenvalue weighted by atomic mass is 10.1. The third-order valence-electron chi connectivity index (χ3n) is 2.14. The minimum Gasteiger partial charge on any atom is -0.458 e. The van der Waals surface area contributed by atoms with Crippen LogP contribution >= 0.6 is 0 Å². The van der Waals surface area contributed by atoms with E-state index in [1.54, 1.807) is 41.5 Å². The van der Waals surface area contributed by atoms with Gasteiger partial charge in [0.1, 0.15) is 17.2 Å². The molecule has 0 aliphatic rings. The molecule has 0 saturated carbocycles. The Morgan fingerprint density at radius 2 is 1.48 bits per heavy atom. The first-order chi connectivity index (χ1) is 9.30. The maximum atomic E-state index is 12.2. The maximum absolute atomic E-state index is 12.2. The zero-order valence-corrected chi connectivity index (χ0v) is 14.5. The van der Waals surface area contributed by atoms with Gasteiger partial charge in [-0.05, 0) is 61.8 Å². The first-order valence-corrected chi connectivity index (χ1v) is 7.16. The van der Waals surface area contributed by atoms with E-state index in [2.05, 4.69) is 5.32 Å². The molecule has 0 spiro atoms. The molecule has 0 radical (unpaired) electrons. The van der Waals surface area contributed by atoms with Gasteiger partial charge >= 0.3 is 12.1 Å². The predicted octanol–water partition coefficient (Wildman–Crippen LogP) is 3.58. The van der Waals surface area contributed by atoms with Gasteiger partial charge in [-0.1, -0.05) is 11.6 Å². The van der Waals surface area contributed by atoms with Crippen LogP contribution in [-0.4, -0.2) is 29.3 Å². The molecule has 5 heteroatoms. The van der Waals surface area contributed by atoms with Gasteiger partial charge in [-0.2, -0.15) is 0 Å². The van der Waals surface area contributed by atoms with Crippen LogP contribution < -0.4 is 5.32 Å². The van der Waals surface area contributed by atoms with Crippen LogP contribution in [0.1, 0.15) is 61.8 Å². The molecular weight excluding hydrogens is 270 g/mol. The molecule has 0 aromatic heterocycles. The highest BCUT2D eigenvalue weighted by atomic mass is 16.6. The monoisotopic (exact) mass is 299 g/mol. The standard InChI is InChI=1S/C16H29NO4/c1-11(2)9-10-12(13(18)20-15(3,4)5)17-14(19)21-16(6,7)8/h9,12H,10H2,1-8H3,(H,17,19)/t12-/m0/s1. The average molecular weight is 299 g/mol. The van der Waals surface area contributed by atoms with Crippen LogP contribution in [0.15, 0.2) is 11.6 Å². The van der Waals surface area contributed by atoms with Gasteiger partial charge < -0.3 is 14.8 Å². The van der Waals surface area contributed by atoms with Crippen LogP contribution in [-0.2, 0) is 14.3 Å². The van der Waals surface area contributed by atoms with Crippen molar-refractivity contribution in [3.63, 3.8) is 0 Å². The number of nitrogens with one attached hydrogen (secondary N) is 1. The van der Waals surface area contributed by atoms with Crippen molar-refractivity contribution in [3.05, 3.63) is 11.6 Å². The molecule has 0 saturated heterocycles. The van der Waals surface area contributed by atoms with E-state index >= 15 is 0 Å². The van der Waals surface area contributed by atoms with Crippen molar-refractivity contribution in [2.75, 3.05) is 0 Å². The minimum absolute atomic E-state index is 0.372. The summed E-state index contributed by atoms with van der Waals surface area (Å²) < 4.78 is 10.5. The van der Waals surface area contributed by atoms with Crippen molar-refractivity contribution in [1.82, 2.24) is 5.32 Å². The van der Waals surface area contributed by atoms with Gasteiger partial charge in [-0.15, -0.1) is 0 Å². The number of amides is 1. The van der Waals surface area contributed by atoms with Crippen LogP contribution in [0.2, 0.25) is 0 Å². The third kappa shape index (κ3) is 10.9. The lowest BCUT2D eigenvalue weighted by Crippen LogP contribution is -2.45. The molecule has 0 fully saturated rings. The highest BCUT2D eigenvalue weighted by Gasteiger charge is 2.27. The first kappa shape index (κ1) is 19.5. The van der Waals surface area contributed by atoms with Crippen molar-refractivity contribution < 1.29 is 19.1 Å². The topological polar surface area (TPSA) is 64.6 Å². The third-order valence-corrected chi connectivity index (χ3v) is 2.14. The number of esters is 1.